The summed E-state index contributed by atoms with van der Waals surface area (Å²) >= 11 is 0. The summed E-state index contributed by atoms with van der Waals surface area (Å²) < 4.78 is 25.6. The molecule has 2 aromatic rings. The second kappa shape index (κ2) is 8.36. The number of sulfonamides is 1. The fourth-order valence-corrected chi connectivity index (χ4v) is 3.72. The normalized spacial score (nSPS) is 11.4. The molecule has 2 aromatic carbocycles. The molecule has 0 bridgehead atoms. The third-order valence-electron chi connectivity index (χ3n) is 4.09. The fraction of sp³-hybridized carbons (Fsp3) is 0.350. The molecule has 0 saturated heterocycles. The predicted octanol–water partition coefficient (Wildman–Crippen LogP) is 3.91. The number of hydrogen-bond donors (Lipinski definition) is 1. The Hall–Kier alpha value is -2.34. The highest BCUT2D eigenvalue weighted by molar-refractivity contribution is 7.92. The molecular formula is C20H26N2O3S. The summed E-state index contributed by atoms with van der Waals surface area (Å²) in [5.41, 5.74) is 3.36. The summed E-state index contributed by atoms with van der Waals surface area (Å²) in [6, 6.07) is 14.9. The van der Waals surface area contributed by atoms with Crippen molar-refractivity contribution in [3.63, 3.8) is 0 Å². The van der Waals surface area contributed by atoms with Gasteiger partial charge in [-0.05, 0) is 42.2 Å². The van der Waals surface area contributed by atoms with Gasteiger partial charge in [0.05, 0.1) is 11.9 Å². The maximum absolute atomic E-state index is 12.4. The molecule has 0 aliphatic carbocycles. The number of nitrogens with one attached hydrogen (secondary N) is 1. The van der Waals surface area contributed by atoms with Crippen LogP contribution in [0, 0.1) is 6.92 Å². The molecule has 0 radical (unpaired) electrons. The molecule has 0 heterocycles. The van der Waals surface area contributed by atoms with Crippen LogP contribution in [-0.4, -0.2) is 27.1 Å². The Morgan fingerprint density at radius 1 is 1.12 bits per heavy atom. The van der Waals surface area contributed by atoms with Crippen molar-refractivity contribution in [3.05, 3.63) is 59.7 Å². The lowest BCUT2D eigenvalue weighted by molar-refractivity contribution is -0.116. The molecule has 0 saturated carbocycles. The van der Waals surface area contributed by atoms with Crippen molar-refractivity contribution in [1.82, 2.24) is 0 Å². The van der Waals surface area contributed by atoms with E-state index < -0.39 is 10.0 Å². The fourth-order valence-electron chi connectivity index (χ4n) is 2.80. The molecular weight excluding hydrogens is 348 g/mol. The van der Waals surface area contributed by atoms with E-state index in [0.717, 1.165) is 23.1 Å². The molecule has 1 N–H and O–H groups in total. The van der Waals surface area contributed by atoms with Crippen LogP contribution in [0.15, 0.2) is 48.5 Å². The van der Waals surface area contributed by atoms with Gasteiger partial charge >= 0.3 is 0 Å². The molecule has 0 aromatic heterocycles. The van der Waals surface area contributed by atoms with E-state index in [1.165, 1.54) is 4.31 Å². The zero-order valence-corrected chi connectivity index (χ0v) is 16.5. The molecule has 5 nitrogen and oxygen atoms in total. The van der Waals surface area contributed by atoms with Gasteiger partial charge in [-0.15, -0.1) is 0 Å². The van der Waals surface area contributed by atoms with Crippen molar-refractivity contribution >= 4 is 27.3 Å². The number of para-hydroxylation sites is 1. The summed E-state index contributed by atoms with van der Waals surface area (Å²) in [7, 11) is -3.47. The maximum atomic E-state index is 12.4. The van der Waals surface area contributed by atoms with Crippen LogP contribution in [0.4, 0.5) is 11.4 Å². The van der Waals surface area contributed by atoms with E-state index in [0.29, 0.717) is 5.69 Å². The Balaban J connectivity index is 2.11. The number of carbonyl (C=O) groups is 1. The van der Waals surface area contributed by atoms with Gasteiger partial charge in [0.2, 0.25) is 15.9 Å². The Kier molecular flexibility index (Phi) is 6.42. The highest BCUT2D eigenvalue weighted by atomic mass is 32.2. The number of rotatable bonds is 7. The molecule has 0 aliphatic heterocycles. The van der Waals surface area contributed by atoms with Crippen LogP contribution < -0.4 is 9.62 Å². The Morgan fingerprint density at radius 2 is 1.81 bits per heavy atom. The van der Waals surface area contributed by atoms with E-state index in [2.05, 4.69) is 19.2 Å². The molecule has 1 amide bonds. The summed E-state index contributed by atoms with van der Waals surface area (Å²) in [6.45, 7) is 6.12. The van der Waals surface area contributed by atoms with Crippen molar-refractivity contribution in [2.75, 3.05) is 22.4 Å². The van der Waals surface area contributed by atoms with Gasteiger partial charge in [-0.1, -0.05) is 44.2 Å². The van der Waals surface area contributed by atoms with Gasteiger partial charge in [-0.2, -0.15) is 0 Å². The lowest BCUT2D eigenvalue weighted by Gasteiger charge is -2.22. The highest BCUT2D eigenvalue weighted by Gasteiger charge is 2.19. The van der Waals surface area contributed by atoms with Crippen molar-refractivity contribution in [2.45, 2.75) is 33.1 Å². The van der Waals surface area contributed by atoms with Gasteiger partial charge in [-0.3, -0.25) is 9.10 Å². The lowest BCUT2D eigenvalue weighted by atomic mass is 10.0. The smallest absolute Gasteiger partial charge is 0.232 e. The van der Waals surface area contributed by atoms with Crippen molar-refractivity contribution < 1.29 is 13.2 Å². The van der Waals surface area contributed by atoms with E-state index in [1.54, 1.807) is 12.1 Å². The van der Waals surface area contributed by atoms with Crippen LogP contribution >= 0.6 is 0 Å². The topological polar surface area (TPSA) is 66.5 Å². The van der Waals surface area contributed by atoms with Crippen molar-refractivity contribution in [1.29, 1.82) is 0 Å². The summed E-state index contributed by atoms with van der Waals surface area (Å²) in [6.07, 6.45) is 1.23. The number of aryl methyl sites for hydroxylation is 1. The van der Waals surface area contributed by atoms with Crippen LogP contribution in [0.1, 0.15) is 37.3 Å². The zero-order valence-electron chi connectivity index (χ0n) is 15.7. The number of benzene rings is 2. The molecule has 0 unspecified atom stereocenters. The third-order valence-corrected chi connectivity index (χ3v) is 5.28. The first-order chi connectivity index (χ1) is 12.2. The first-order valence-corrected chi connectivity index (χ1v) is 10.5. The number of anilines is 2. The maximum Gasteiger partial charge on any atom is 0.232 e. The molecule has 0 spiro atoms. The number of nitrogens with zero attached hydrogens (tertiary/aromatic N) is 1. The number of carbonyl (C=O) groups excluding carboxylic acids is 1. The van der Waals surface area contributed by atoms with Gasteiger partial charge in [-0.25, -0.2) is 8.42 Å². The molecule has 0 atom stereocenters. The minimum Gasteiger partial charge on any atom is -0.326 e. The molecule has 0 fully saturated rings. The average Bonchev–Trinajstić information content (AvgIpc) is 2.54. The molecule has 2 rings (SSSR count). The molecule has 140 valence electrons. The second-order valence-corrected chi connectivity index (χ2v) is 8.62. The van der Waals surface area contributed by atoms with Gasteiger partial charge in [0.1, 0.15) is 0 Å². The van der Waals surface area contributed by atoms with E-state index in [-0.39, 0.29) is 24.8 Å². The van der Waals surface area contributed by atoms with Crippen molar-refractivity contribution in [2.24, 2.45) is 0 Å². The minimum absolute atomic E-state index is 0.0768. The second-order valence-electron chi connectivity index (χ2n) is 6.71. The Bertz CT molecular complexity index is 876. The summed E-state index contributed by atoms with van der Waals surface area (Å²) in [5, 5.41) is 2.90. The average molecular weight is 375 g/mol. The zero-order chi connectivity index (χ0) is 19.3. The largest absolute Gasteiger partial charge is 0.326 e. The van der Waals surface area contributed by atoms with E-state index in [1.807, 2.05) is 43.3 Å². The summed E-state index contributed by atoms with van der Waals surface area (Å²) in [4.78, 5) is 12.4. The van der Waals surface area contributed by atoms with Gasteiger partial charge in [0.15, 0.2) is 0 Å². The first kappa shape index (κ1) is 20.0. The van der Waals surface area contributed by atoms with Gasteiger partial charge < -0.3 is 5.32 Å². The third kappa shape index (κ3) is 5.33. The number of amides is 1. The lowest BCUT2D eigenvalue weighted by Crippen LogP contribution is -2.33. The minimum atomic E-state index is -3.47. The van der Waals surface area contributed by atoms with E-state index in [4.69, 9.17) is 0 Å². The molecule has 26 heavy (non-hydrogen) atoms. The van der Waals surface area contributed by atoms with Crippen LogP contribution in [0.25, 0.3) is 0 Å². The summed E-state index contributed by atoms with van der Waals surface area (Å²) in [5.74, 6) is 0.0747. The van der Waals surface area contributed by atoms with E-state index >= 15 is 0 Å². The van der Waals surface area contributed by atoms with Gasteiger partial charge in [0, 0.05) is 18.7 Å². The first-order valence-electron chi connectivity index (χ1n) is 8.61. The SMILES string of the molecule is Cc1cccc(N(CCC(=O)Nc2ccccc2C(C)C)S(C)(=O)=O)c1. The van der Waals surface area contributed by atoms with Gasteiger partial charge in [0.25, 0.3) is 0 Å². The highest BCUT2D eigenvalue weighted by Crippen LogP contribution is 2.24. The predicted molar refractivity (Wildman–Crippen MR) is 107 cm³/mol. The Morgan fingerprint density at radius 3 is 2.42 bits per heavy atom. The van der Waals surface area contributed by atoms with E-state index in [9.17, 15) is 13.2 Å². The van der Waals surface area contributed by atoms with Crippen LogP contribution in [-0.2, 0) is 14.8 Å². The monoisotopic (exact) mass is 374 g/mol. The molecule has 6 heteroatoms. The number of hydrogen-bond acceptors (Lipinski definition) is 3. The van der Waals surface area contributed by atoms with Crippen molar-refractivity contribution in [3.8, 4) is 0 Å². The molecule has 0 aliphatic rings. The van der Waals surface area contributed by atoms with Crippen LogP contribution in [0.3, 0.4) is 0 Å². The van der Waals surface area contributed by atoms with Crippen LogP contribution in [0.2, 0.25) is 0 Å². The standard InChI is InChI=1S/C20H26N2O3S/c1-15(2)18-10-5-6-11-19(18)21-20(23)12-13-22(26(4,24)25)17-9-7-8-16(3)14-17/h5-11,14-15H,12-13H2,1-4H3,(H,21,23). The Labute approximate surface area is 156 Å². The van der Waals surface area contributed by atoms with Crippen LogP contribution in [0.5, 0.6) is 0 Å². The quantitative estimate of drug-likeness (QED) is 0.799.